The van der Waals surface area contributed by atoms with E-state index in [0.717, 1.165) is 22.3 Å². The first-order valence-corrected chi connectivity index (χ1v) is 11.1. The van der Waals surface area contributed by atoms with Crippen molar-refractivity contribution in [1.29, 1.82) is 0 Å². The highest BCUT2D eigenvalue weighted by Gasteiger charge is 2.16. The molecule has 7 nitrogen and oxygen atoms in total. The van der Waals surface area contributed by atoms with Gasteiger partial charge in [-0.2, -0.15) is 0 Å². The third-order valence-corrected chi connectivity index (χ3v) is 5.67. The Balaban J connectivity index is 1.17. The van der Waals surface area contributed by atoms with Gasteiger partial charge in [-0.25, -0.2) is 0 Å². The molecule has 1 N–H and O–H groups in total. The number of carbonyl (C=O) groups excluding carboxylic acids is 2. The van der Waals surface area contributed by atoms with Crippen LogP contribution in [0.2, 0.25) is 0 Å². The minimum atomic E-state index is -0.320. The molecule has 0 unspecified atom stereocenters. The molecule has 2 amide bonds. The van der Waals surface area contributed by atoms with E-state index in [1.165, 1.54) is 0 Å². The zero-order chi connectivity index (χ0) is 23.5. The van der Waals surface area contributed by atoms with Gasteiger partial charge in [0.25, 0.3) is 5.91 Å². The molecular formula is C27H24N2O5. The summed E-state index contributed by atoms with van der Waals surface area (Å²) in [5.41, 5.74) is 3.14. The number of para-hydroxylation sites is 1. The Hall–Kier alpha value is -4.26. The third kappa shape index (κ3) is 4.73. The van der Waals surface area contributed by atoms with Gasteiger partial charge in [0.05, 0.1) is 6.42 Å². The predicted octanol–water partition coefficient (Wildman–Crippen LogP) is 4.66. The van der Waals surface area contributed by atoms with Crippen molar-refractivity contribution < 1.29 is 23.5 Å². The third-order valence-electron chi connectivity index (χ3n) is 5.67. The Morgan fingerprint density at radius 3 is 2.41 bits per heavy atom. The average Bonchev–Trinajstić information content (AvgIpc) is 3.30. The number of likely N-dealkylation sites (N-methyl/N-ethyl adjacent to an activating group) is 1. The minimum absolute atomic E-state index is 0.00560. The molecule has 4 aromatic rings. The number of amides is 2. The van der Waals surface area contributed by atoms with Gasteiger partial charge in [-0.15, -0.1) is 0 Å². The molecule has 1 aliphatic heterocycles. The normalized spacial score (nSPS) is 12.4. The van der Waals surface area contributed by atoms with Crippen molar-refractivity contribution in [2.45, 2.75) is 13.0 Å². The summed E-state index contributed by atoms with van der Waals surface area (Å²) >= 11 is 0. The van der Waals surface area contributed by atoms with Crippen LogP contribution in [0, 0.1) is 0 Å². The van der Waals surface area contributed by atoms with Gasteiger partial charge in [-0.3, -0.25) is 9.59 Å². The molecule has 0 spiro atoms. The second-order valence-corrected chi connectivity index (χ2v) is 8.20. The molecule has 0 atom stereocenters. The average molecular weight is 456 g/mol. The molecule has 3 aromatic carbocycles. The van der Waals surface area contributed by atoms with Crippen molar-refractivity contribution in [3.8, 4) is 11.5 Å². The van der Waals surface area contributed by atoms with Gasteiger partial charge in [0, 0.05) is 24.7 Å². The molecule has 172 valence electrons. The van der Waals surface area contributed by atoms with Crippen LogP contribution in [0.4, 0.5) is 5.69 Å². The minimum Gasteiger partial charge on any atom is -0.486 e. The number of nitrogens with zero attached hydrogens (tertiary/aromatic N) is 1. The monoisotopic (exact) mass is 456 g/mol. The van der Waals surface area contributed by atoms with Crippen LogP contribution in [0.25, 0.3) is 11.0 Å². The van der Waals surface area contributed by atoms with Crippen LogP contribution >= 0.6 is 0 Å². The van der Waals surface area contributed by atoms with Crippen LogP contribution in [0.1, 0.15) is 21.7 Å². The summed E-state index contributed by atoms with van der Waals surface area (Å²) in [6, 6.07) is 22.2. The summed E-state index contributed by atoms with van der Waals surface area (Å²) < 4.78 is 16.8. The zero-order valence-electron chi connectivity index (χ0n) is 18.7. The quantitative estimate of drug-likeness (QED) is 0.457. The van der Waals surface area contributed by atoms with Gasteiger partial charge >= 0.3 is 0 Å². The molecule has 7 heteroatoms. The molecule has 2 heterocycles. The highest BCUT2D eigenvalue weighted by atomic mass is 16.6. The summed E-state index contributed by atoms with van der Waals surface area (Å²) in [5, 5.41) is 3.71. The van der Waals surface area contributed by atoms with Crippen LogP contribution in [-0.2, 0) is 17.8 Å². The fourth-order valence-corrected chi connectivity index (χ4v) is 3.85. The number of furan rings is 1. The Bertz CT molecular complexity index is 1310. The second kappa shape index (κ2) is 9.31. The number of ether oxygens (including phenoxy) is 2. The van der Waals surface area contributed by atoms with Gasteiger partial charge in [0.2, 0.25) is 5.91 Å². The topological polar surface area (TPSA) is 81.0 Å². The Kier molecular flexibility index (Phi) is 5.91. The lowest BCUT2D eigenvalue weighted by Crippen LogP contribution is -2.27. The smallest absolute Gasteiger partial charge is 0.291 e. The molecule has 34 heavy (non-hydrogen) atoms. The lowest BCUT2D eigenvalue weighted by Gasteiger charge is -2.21. The standard InChI is InChI=1S/C27H24N2O5/c1-29(17-19-8-11-23-24(14-19)33-13-12-32-23)26(30)15-18-6-9-21(10-7-18)28-27(31)25-16-20-4-2-3-5-22(20)34-25/h2-11,14,16H,12-13,15,17H2,1H3,(H,28,31). The molecule has 0 bridgehead atoms. The van der Waals surface area contributed by atoms with E-state index in [2.05, 4.69) is 5.32 Å². The van der Waals surface area contributed by atoms with E-state index in [-0.39, 0.29) is 24.0 Å². The number of hydrogen-bond donors (Lipinski definition) is 1. The van der Waals surface area contributed by atoms with Crippen molar-refractivity contribution in [2.24, 2.45) is 0 Å². The number of nitrogens with one attached hydrogen (secondary N) is 1. The van der Waals surface area contributed by atoms with Gasteiger partial charge in [-0.1, -0.05) is 36.4 Å². The van der Waals surface area contributed by atoms with Crippen molar-refractivity contribution >= 4 is 28.5 Å². The van der Waals surface area contributed by atoms with E-state index in [4.69, 9.17) is 13.9 Å². The molecule has 1 aliphatic rings. The first kappa shape index (κ1) is 21.6. The van der Waals surface area contributed by atoms with Gasteiger partial charge < -0.3 is 24.1 Å². The summed E-state index contributed by atoms with van der Waals surface area (Å²) in [7, 11) is 1.78. The van der Waals surface area contributed by atoms with Gasteiger partial charge in [0.15, 0.2) is 17.3 Å². The van der Waals surface area contributed by atoms with E-state index in [0.29, 0.717) is 36.8 Å². The Morgan fingerprint density at radius 1 is 0.882 bits per heavy atom. The van der Waals surface area contributed by atoms with Crippen molar-refractivity contribution in [2.75, 3.05) is 25.6 Å². The maximum absolute atomic E-state index is 12.7. The predicted molar refractivity (Wildman–Crippen MR) is 128 cm³/mol. The first-order chi connectivity index (χ1) is 16.5. The van der Waals surface area contributed by atoms with E-state index in [1.807, 2.05) is 54.6 Å². The first-order valence-electron chi connectivity index (χ1n) is 11.1. The van der Waals surface area contributed by atoms with E-state index >= 15 is 0 Å². The highest BCUT2D eigenvalue weighted by Crippen LogP contribution is 2.31. The molecule has 0 saturated heterocycles. The lowest BCUT2D eigenvalue weighted by molar-refractivity contribution is -0.129. The van der Waals surface area contributed by atoms with Crippen LogP contribution in [0.15, 0.2) is 77.2 Å². The molecular weight excluding hydrogens is 432 g/mol. The summed E-state index contributed by atoms with van der Waals surface area (Å²) in [4.78, 5) is 26.9. The van der Waals surface area contributed by atoms with Crippen LogP contribution in [0.3, 0.4) is 0 Å². The fraction of sp³-hybridized carbons (Fsp3) is 0.185. The number of hydrogen-bond acceptors (Lipinski definition) is 5. The van der Waals surface area contributed by atoms with Crippen LogP contribution < -0.4 is 14.8 Å². The number of fused-ring (bicyclic) bond motifs is 2. The number of carbonyl (C=O) groups is 2. The van der Waals surface area contributed by atoms with E-state index < -0.39 is 0 Å². The summed E-state index contributed by atoms with van der Waals surface area (Å²) in [6.45, 7) is 1.55. The SMILES string of the molecule is CN(Cc1ccc2c(c1)OCCO2)C(=O)Cc1ccc(NC(=O)c2cc3ccccc3o2)cc1. The van der Waals surface area contributed by atoms with Crippen molar-refractivity contribution in [1.82, 2.24) is 4.90 Å². The van der Waals surface area contributed by atoms with E-state index in [9.17, 15) is 9.59 Å². The largest absolute Gasteiger partial charge is 0.486 e. The van der Waals surface area contributed by atoms with Gasteiger partial charge in [0.1, 0.15) is 18.8 Å². The maximum atomic E-state index is 12.7. The van der Waals surface area contributed by atoms with Crippen molar-refractivity contribution in [3.63, 3.8) is 0 Å². The number of anilines is 1. The summed E-state index contributed by atoms with van der Waals surface area (Å²) in [5.74, 6) is 1.37. The Labute approximate surface area is 196 Å². The van der Waals surface area contributed by atoms with Crippen LogP contribution in [0.5, 0.6) is 11.5 Å². The van der Waals surface area contributed by atoms with Crippen molar-refractivity contribution in [3.05, 3.63) is 89.7 Å². The molecule has 1 aromatic heterocycles. The molecule has 0 fully saturated rings. The summed E-state index contributed by atoms with van der Waals surface area (Å²) in [6.07, 6.45) is 0.263. The molecule has 0 aliphatic carbocycles. The molecule has 0 radical (unpaired) electrons. The Morgan fingerprint density at radius 2 is 1.62 bits per heavy atom. The van der Waals surface area contributed by atoms with Crippen LogP contribution in [-0.4, -0.2) is 37.0 Å². The number of rotatable bonds is 6. The number of benzene rings is 3. The maximum Gasteiger partial charge on any atom is 0.291 e. The zero-order valence-corrected chi connectivity index (χ0v) is 18.7. The van der Waals surface area contributed by atoms with E-state index in [1.54, 1.807) is 30.1 Å². The molecule has 0 saturated carbocycles. The highest BCUT2D eigenvalue weighted by molar-refractivity contribution is 6.04. The lowest BCUT2D eigenvalue weighted by atomic mass is 10.1. The second-order valence-electron chi connectivity index (χ2n) is 8.20. The molecule has 5 rings (SSSR count). The van der Waals surface area contributed by atoms with Gasteiger partial charge in [-0.05, 0) is 47.5 Å². The fourth-order valence-electron chi connectivity index (χ4n) is 3.85.